The Hall–Kier alpha value is -2.10. The number of nitrogens with zero attached hydrogens (tertiary/aromatic N) is 1. The Kier molecular flexibility index (Phi) is 3.07. The molecule has 1 saturated carbocycles. The fourth-order valence-electron chi connectivity index (χ4n) is 2.25. The Bertz CT molecular complexity index is 599. The monoisotopic (exact) mass is 255 g/mol. The number of anilines is 1. The average molecular weight is 255 g/mol. The van der Waals surface area contributed by atoms with Crippen LogP contribution >= 0.6 is 0 Å². The molecule has 0 saturated heterocycles. The van der Waals surface area contributed by atoms with E-state index in [4.69, 9.17) is 0 Å². The molecule has 1 aromatic heterocycles. The number of aromatic nitrogens is 2. The van der Waals surface area contributed by atoms with Crippen molar-refractivity contribution in [3.63, 3.8) is 0 Å². The predicted octanol–water partition coefficient (Wildman–Crippen LogP) is 3.12. The molecule has 1 aliphatic rings. The molecule has 1 amide bonds. The summed E-state index contributed by atoms with van der Waals surface area (Å²) in [5.74, 6) is 1.24. The maximum Gasteiger partial charge on any atom is 0.227 e. The Morgan fingerprint density at radius 1 is 1.42 bits per heavy atom. The zero-order valence-corrected chi connectivity index (χ0v) is 10.9. The smallest absolute Gasteiger partial charge is 0.227 e. The highest BCUT2D eigenvalue weighted by molar-refractivity contribution is 5.93. The lowest BCUT2D eigenvalue weighted by Gasteiger charge is -2.24. The van der Waals surface area contributed by atoms with Gasteiger partial charge < -0.3 is 10.3 Å². The first-order valence-electron chi connectivity index (χ1n) is 6.65. The van der Waals surface area contributed by atoms with Gasteiger partial charge in [0.1, 0.15) is 5.82 Å². The van der Waals surface area contributed by atoms with E-state index in [1.807, 2.05) is 37.4 Å². The summed E-state index contributed by atoms with van der Waals surface area (Å²) in [6.45, 7) is 1.92. The van der Waals surface area contributed by atoms with Crippen LogP contribution < -0.4 is 5.32 Å². The number of nitrogens with one attached hydrogen (secondary N) is 2. The highest BCUT2D eigenvalue weighted by atomic mass is 16.1. The third kappa shape index (κ3) is 2.52. The van der Waals surface area contributed by atoms with E-state index >= 15 is 0 Å². The summed E-state index contributed by atoms with van der Waals surface area (Å²) >= 11 is 0. The minimum absolute atomic E-state index is 0.143. The lowest BCUT2D eigenvalue weighted by Crippen LogP contribution is -2.27. The molecule has 98 valence electrons. The van der Waals surface area contributed by atoms with E-state index in [0.29, 0.717) is 0 Å². The second kappa shape index (κ2) is 4.88. The van der Waals surface area contributed by atoms with Crippen molar-refractivity contribution in [3.05, 3.63) is 36.3 Å². The maximum atomic E-state index is 11.9. The molecule has 4 nitrogen and oxygen atoms in total. The van der Waals surface area contributed by atoms with E-state index in [2.05, 4.69) is 15.3 Å². The predicted molar refractivity (Wildman–Crippen MR) is 74.7 cm³/mol. The van der Waals surface area contributed by atoms with Gasteiger partial charge in [0.25, 0.3) is 0 Å². The van der Waals surface area contributed by atoms with Gasteiger partial charge in [0, 0.05) is 17.2 Å². The average Bonchev–Trinajstić information content (AvgIpc) is 2.74. The van der Waals surface area contributed by atoms with Crippen LogP contribution in [0.25, 0.3) is 11.3 Å². The molecule has 1 aromatic carbocycles. The molecule has 0 aliphatic heterocycles. The molecule has 2 aromatic rings. The second-order valence-corrected chi connectivity index (χ2v) is 5.08. The minimum Gasteiger partial charge on any atom is -0.342 e. The third-order valence-corrected chi connectivity index (χ3v) is 3.62. The lowest BCUT2D eigenvalue weighted by atomic mass is 9.85. The summed E-state index contributed by atoms with van der Waals surface area (Å²) in [4.78, 5) is 19.3. The molecule has 0 spiro atoms. The van der Waals surface area contributed by atoms with E-state index in [1.54, 1.807) is 0 Å². The van der Waals surface area contributed by atoms with Crippen LogP contribution in [-0.4, -0.2) is 15.9 Å². The summed E-state index contributed by atoms with van der Waals surface area (Å²) in [5.41, 5.74) is 2.85. The largest absolute Gasteiger partial charge is 0.342 e. The number of aryl methyl sites for hydroxylation is 1. The molecule has 0 radical (unpaired) electrons. The van der Waals surface area contributed by atoms with Crippen molar-refractivity contribution >= 4 is 11.6 Å². The molecule has 0 atom stereocenters. The highest BCUT2D eigenvalue weighted by Gasteiger charge is 2.25. The highest BCUT2D eigenvalue weighted by Crippen LogP contribution is 2.28. The lowest BCUT2D eigenvalue weighted by molar-refractivity contribution is -0.122. The number of aromatic amines is 1. The summed E-state index contributed by atoms with van der Waals surface area (Å²) < 4.78 is 0. The van der Waals surface area contributed by atoms with Gasteiger partial charge in [-0.05, 0) is 31.9 Å². The molecule has 4 heteroatoms. The normalized spacial score (nSPS) is 15.0. The maximum absolute atomic E-state index is 11.9. The van der Waals surface area contributed by atoms with E-state index in [9.17, 15) is 4.79 Å². The third-order valence-electron chi connectivity index (χ3n) is 3.62. The van der Waals surface area contributed by atoms with Gasteiger partial charge in [-0.1, -0.05) is 18.6 Å². The second-order valence-electron chi connectivity index (χ2n) is 5.08. The number of carbonyl (C=O) groups excluding carboxylic acids is 1. The number of carbonyl (C=O) groups is 1. The number of hydrogen-bond acceptors (Lipinski definition) is 2. The first-order chi connectivity index (χ1) is 9.22. The SMILES string of the molecule is Cc1ncc(-c2cccc(NC(=O)C3CCC3)c2)[nH]1. The van der Waals surface area contributed by atoms with Gasteiger partial charge in [0.15, 0.2) is 0 Å². The number of imidazole rings is 1. The van der Waals surface area contributed by atoms with Crippen LogP contribution in [0, 0.1) is 12.8 Å². The summed E-state index contributed by atoms with van der Waals surface area (Å²) in [5, 5.41) is 2.99. The molecule has 19 heavy (non-hydrogen) atoms. The van der Waals surface area contributed by atoms with Gasteiger partial charge in [-0.2, -0.15) is 0 Å². The fraction of sp³-hybridized carbons (Fsp3) is 0.333. The van der Waals surface area contributed by atoms with Crippen molar-refractivity contribution < 1.29 is 4.79 Å². The topological polar surface area (TPSA) is 57.8 Å². The van der Waals surface area contributed by atoms with Crippen LogP contribution in [0.2, 0.25) is 0 Å². The number of amides is 1. The van der Waals surface area contributed by atoms with Crippen LogP contribution in [-0.2, 0) is 4.79 Å². The molecule has 0 unspecified atom stereocenters. The van der Waals surface area contributed by atoms with Gasteiger partial charge in [-0.15, -0.1) is 0 Å². The Labute approximate surface area is 112 Å². The first kappa shape index (κ1) is 12.0. The molecular formula is C15H17N3O. The Balaban J connectivity index is 1.77. The van der Waals surface area contributed by atoms with E-state index in [1.165, 1.54) is 6.42 Å². The van der Waals surface area contributed by atoms with Gasteiger partial charge in [0.2, 0.25) is 5.91 Å². The van der Waals surface area contributed by atoms with Crippen molar-refractivity contribution in [2.24, 2.45) is 5.92 Å². The van der Waals surface area contributed by atoms with Crippen LogP contribution in [0.3, 0.4) is 0 Å². The number of H-pyrrole nitrogens is 1. The van der Waals surface area contributed by atoms with Crippen molar-refractivity contribution in [3.8, 4) is 11.3 Å². The van der Waals surface area contributed by atoms with Crippen LogP contribution in [0.1, 0.15) is 25.1 Å². The number of rotatable bonds is 3. The van der Waals surface area contributed by atoms with E-state index in [-0.39, 0.29) is 11.8 Å². The molecular weight excluding hydrogens is 238 g/mol. The van der Waals surface area contributed by atoms with Crippen molar-refractivity contribution in [1.82, 2.24) is 9.97 Å². The summed E-state index contributed by atoms with van der Waals surface area (Å²) in [7, 11) is 0. The van der Waals surface area contributed by atoms with E-state index in [0.717, 1.165) is 35.6 Å². The zero-order chi connectivity index (χ0) is 13.2. The van der Waals surface area contributed by atoms with Crippen LogP contribution in [0.5, 0.6) is 0 Å². The molecule has 1 aliphatic carbocycles. The summed E-state index contributed by atoms with van der Waals surface area (Å²) in [6, 6.07) is 7.85. The standard InChI is InChI=1S/C15H17N3O/c1-10-16-9-14(17-10)12-6-3-7-13(8-12)18-15(19)11-4-2-5-11/h3,6-9,11H,2,4-5H2,1H3,(H,16,17)(H,18,19). The van der Waals surface area contributed by atoms with Crippen molar-refractivity contribution in [2.45, 2.75) is 26.2 Å². The van der Waals surface area contributed by atoms with Gasteiger partial charge in [-0.25, -0.2) is 4.98 Å². The van der Waals surface area contributed by atoms with Crippen molar-refractivity contribution in [1.29, 1.82) is 0 Å². The van der Waals surface area contributed by atoms with Crippen LogP contribution in [0.4, 0.5) is 5.69 Å². The Morgan fingerprint density at radius 2 is 2.26 bits per heavy atom. The summed E-state index contributed by atoms with van der Waals surface area (Å²) in [6.07, 6.45) is 5.02. The molecule has 1 heterocycles. The number of benzene rings is 1. The van der Waals surface area contributed by atoms with Crippen molar-refractivity contribution in [2.75, 3.05) is 5.32 Å². The minimum atomic E-state index is 0.143. The van der Waals surface area contributed by atoms with Gasteiger partial charge in [0.05, 0.1) is 11.9 Å². The van der Waals surface area contributed by atoms with Gasteiger partial charge >= 0.3 is 0 Å². The molecule has 3 rings (SSSR count). The first-order valence-corrected chi connectivity index (χ1v) is 6.65. The van der Waals surface area contributed by atoms with E-state index < -0.39 is 0 Å². The molecule has 2 N–H and O–H groups in total. The Morgan fingerprint density at radius 3 is 2.89 bits per heavy atom. The van der Waals surface area contributed by atoms with Gasteiger partial charge in [-0.3, -0.25) is 4.79 Å². The quantitative estimate of drug-likeness (QED) is 0.885. The van der Waals surface area contributed by atoms with Crippen LogP contribution in [0.15, 0.2) is 30.5 Å². The molecule has 1 fully saturated rings. The number of hydrogen-bond donors (Lipinski definition) is 2. The fourth-order valence-corrected chi connectivity index (χ4v) is 2.25. The zero-order valence-electron chi connectivity index (χ0n) is 10.9. The molecule has 0 bridgehead atoms.